The van der Waals surface area contributed by atoms with Crippen LogP contribution in [-0.2, 0) is 0 Å². The summed E-state index contributed by atoms with van der Waals surface area (Å²) < 4.78 is 13.3. The van der Waals surface area contributed by atoms with Crippen LogP contribution in [0.1, 0.15) is 30.9 Å². The fourth-order valence-electron chi connectivity index (χ4n) is 2.31. The van der Waals surface area contributed by atoms with E-state index < -0.39 is 0 Å². The molecular formula is C19H20FN. The van der Waals surface area contributed by atoms with E-state index >= 15 is 0 Å². The lowest BCUT2D eigenvalue weighted by Gasteiger charge is -2.10. The first-order valence-electron chi connectivity index (χ1n) is 7.06. The Morgan fingerprint density at radius 1 is 1.14 bits per heavy atom. The minimum absolute atomic E-state index is 0.231. The van der Waals surface area contributed by atoms with E-state index in [-0.39, 0.29) is 5.82 Å². The maximum Gasteiger partial charge on any atom is 0.123 e. The zero-order valence-electron chi connectivity index (χ0n) is 12.5. The van der Waals surface area contributed by atoms with Crippen LogP contribution >= 0.6 is 0 Å². The molecule has 0 saturated heterocycles. The third kappa shape index (κ3) is 3.88. The quantitative estimate of drug-likeness (QED) is 0.550. The van der Waals surface area contributed by atoms with E-state index in [1.54, 1.807) is 6.07 Å². The molecule has 0 bridgehead atoms. The van der Waals surface area contributed by atoms with Crippen LogP contribution in [0.5, 0.6) is 0 Å². The first-order chi connectivity index (χ1) is 9.97. The molecule has 0 fully saturated rings. The summed E-state index contributed by atoms with van der Waals surface area (Å²) in [5.74, 6) is -0.231. The van der Waals surface area contributed by atoms with Crippen molar-refractivity contribution in [1.82, 2.24) is 0 Å². The third-order valence-corrected chi connectivity index (χ3v) is 3.51. The Bertz CT molecular complexity index is 686. The molecular weight excluding hydrogens is 261 g/mol. The minimum atomic E-state index is -0.231. The zero-order chi connectivity index (χ0) is 15.4. The van der Waals surface area contributed by atoms with E-state index in [0.717, 1.165) is 34.2 Å². The van der Waals surface area contributed by atoms with Crippen molar-refractivity contribution >= 4 is 5.71 Å². The lowest BCUT2D eigenvalue weighted by molar-refractivity contribution is 0.628. The van der Waals surface area contributed by atoms with Crippen molar-refractivity contribution in [2.45, 2.75) is 26.7 Å². The van der Waals surface area contributed by atoms with Crippen LogP contribution in [0.4, 0.5) is 4.39 Å². The molecule has 0 atom stereocenters. The Morgan fingerprint density at radius 3 is 2.52 bits per heavy atom. The van der Waals surface area contributed by atoms with Gasteiger partial charge in [-0.1, -0.05) is 29.8 Å². The molecule has 2 aromatic rings. The fourth-order valence-corrected chi connectivity index (χ4v) is 2.31. The van der Waals surface area contributed by atoms with Gasteiger partial charge in [0.25, 0.3) is 0 Å². The lowest BCUT2D eigenvalue weighted by Crippen LogP contribution is -2.00. The first-order valence-corrected chi connectivity index (χ1v) is 7.06. The van der Waals surface area contributed by atoms with Gasteiger partial charge in [0.2, 0.25) is 0 Å². The van der Waals surface area contributed by atoms with E-state index in [9.17, 15) is 4.39 Å². The van der Waals surface area contributed by atoms with E-state index in [1.165, 1.54) is 12.1 Å². The van der Waals surface area contributed by atoms with Gasteiger partial charge < -0.3 is 5.41 Å². The van der Waals surface area contributed by atoms with Gasteiger partial charge in [-0.25, -0.2) is 4.39 Å². The maximum absolute atomic E-state index is 13.3. The lowest BCUT2D eigenvalue weighted by atomic mass is 9.95. The molecule has 0 spiro atoms. The summed E-state index contributed by atoms with van der Waals surface area (Å²) in [6, 6.07) is 12.5. The van der Waals surface area contributed by atoms with Crippen molar-refractivity contribution in [3.63, 3.8) is 0 Å². The summed E-state index contributed by atoms with van der Waals surface area (Å²) in [5, 5.41) is 8.13. The molecule has 2 rings (SSSR count). The summed E-state index contributed by atoms with van der Waals surface area (Å²) in [5.41, 5.74) is 5.56. The number of rotatable bonds is 5. The molecule has 0 radical (unpaired) electrons. The molecule has 2 aromatic carbocycles. The van der Waals surface area contributed by atoms with Crippen molar-refractivity contribution in [2.75, 3.05) is 0 Å². The van der Waals surface area contributed by atoms with Crippen LogP contribution < -0.4 is 0 Å². The maximum atomic E-state index is 13.3. The van der Waals surface area contributed by atoms with Gasteiger partial charge in [-0.3, -0.25) is 0 Å². The second kappa shape index (κ2) is 6.49. The fraction of sp³-hybridized carbons (Fsp3) is 0.211. The van der Waals surface area contributed by atoms with Crippen LogP contribution in [0.15, 0.2) is 54.6 Å². The normalized spacial score (nSPS) is 10.4. The molecule has 0 aliphatic rings. The number of nitrogens with one attached hydrogen (secondary N) is 1. The largest absolute Gasteiger partial charge is 0.305 e. The van der Waals surface area contributed by atoms with Crippen molar-refractivity contribution in [3.05, 3.63) is 71.6 Å². The predicted octanol–water partition coefficient (Wildman–Crippen LogP) is 5.53. The Kier molecular flexibility index (Phi) is 4.69. The van der Waals surface area contributed by atoms with Crippen LogP contribution in [-0.4, -0.2) is 5.71 Å². The molecule has 21 heavy (non-hydrogen) atoms. The molecule has 0 aromatic heterocycles. The molecule has 0 heterocycles. The van der Waals surface area contributed by atoms with Crippen molar-refractivity contribution in [3.8, 4) is 11.1 Å². The summed E-state index contributed by atoms with van der Waals surface area (Å²) in [6.07, 6.45) is 1.54. The summed E-state index contributed by atoms with van der Waals surface area (Å²) in [6.45, 7) is 7.84. The molecule has 1 N–H and O–H groups in total. The number of hydrogen-bond donors (Lipinski definition) is 1. The minimum Gasteiger partial charge on any atom is -0.305 e. The van der Waals surface area contributed by atoms with Crippen molar-refractivity contribution in [1.29, 1.82) is 5.41 Å². The van der Waals surface area contributed by atoms with Gasteiger partial charge in [0, 0.05) is 5.71 Å². The van der Waals surface area contributed by atoms with Gasteiger partial charge in [0.1, 0.15) is 5.82 Å². The molecule has 0 saturated carbocycles. The third-order valence-electron chi connectivity index (χ3n) is 3.51. The smallest absolute Gasteiger partial charge is 0.123 e. The van der Waals surface area contributed by atoms with E-state index in [0.29, 0.717) is 12.1 Å². The van der Waals surface area contributed by atoms with Crippen LogP contribution in [0.3, 0.4) is 0 Å². The summed E-state index contributed by atoms with van der Waals surface area (Å²) in [7, 11) is 0. The number of allylic oxidation sites excluding steroid dienone is 1. The highest BCUT2D eigenvalue weighted by Gasteiger charge is 2.07. The summed E-state index contributed by atoms with van der Waals surface area (Å²) in [4.78, 5) is 0. The van der Waals surface area contributed by atoms with Crippen LogP contribution in [0.2, 0.25) is 0 Å². The Morgan fingerprint density at radius 2 is 1.90 bits per heavy atom. The average Bonchev–Trinajstić information content (AvgIpc) is 2.44. The average molecular weight is 281 g/mol. The number of benzene rings is 2. The second-order valence-corrected chi connectivity index (χ2v) is 5.48. The monoisotopic (exact) mass is 281 g/mol. The highest BCUT2D eigenvalue weighted by molar-refractivity contribution is 5.99. The first kappa shape index (κ1) is 15.2. The SMILES string of the molecule is C=C(C)CCC(=N)c1ccc(-c2cccc(F)c2)c(C)c1. The number of aryl methyl sites for hydroxylation is 1. The highest BCUT2D eigenvalue weighted by atomic mass is 19.1. The van der Waals surface area contributed by atoms with E-state index in [2.05, 4.69) is 6.58 Å². The van der Waals surface area contributed by atoms with Crippen LogP contribution in [0, 0.1) is 18.2 Å². The van der Waals surface area contributed by atoms with Gasteiger partial charge in [-0.05, 0) is 67.1 Å². The van der Waals surface area contributed by atoms with Gasteiger partial charge in [-0.2, -0.15) is 0 Å². The molecule has 0 unspecified atom stereocenters. The van der Waals surface area contributed by atoms with Gasteiger partial charge in [-0.15, -0.1) is 6.58 Å². The van der Waals surface area contributed by atoms with Gasteiger partial charge >= 0.3 is 0 Å². The van der Waals surface area contributed by atoms with Crippen molar-refractivity contribution in [2.24, 2.45) is 0 Å². The molecule has 2 heteroatoms. The second-order valence-electron chi connectivity index (χ2n) is 5.48. The Labute approximate surface area is 125 Å². The van der Waals surface area contributed by atoms with E-state index in [4.69, 9.17) is 5.41 Å². The Balaban J connectivity index is 2.25. The number of halogens is 1. The predicted molar refractivity (Wildman–Crippen MR) is 87.4 cm³/mol. The molecule has 0 aliphatic carbocycles. The standard InChI is InChI=1S/C19H20FN/c1-13(2)7-10-19(21)16-8-9-18(14(3)11-16)15-5-4-6-17(20)12-15/h4-6,8-9,11-12,21H,1,7,10H2,2-3H3. The topological polar surface area (TPSA) is 23.9 Å². The van der Waals surface area contributed by atoms with Crippen LogP contribution in [0.25, 0.3) is 11.1 Å². The highest BCUT2D eigenvalue weighted by Crippen LogP contribution is 2.25. The van der Waals surface area contributed by atoms with E-state index in [1.807, 2.05) is 38.1 Å². The van der Waals surface area contributed by atoms with Gasteiger partial charge in [0.05, 0.1) is 0 Å². The molecule has 1 nitrogen and oxygen atoms in total. The molecule has 108 valence electrons. The molecule has 0 aliphatic heterocycles. The van der Waals surface area contributed by atoms with Gasteiger partial charge in [0.15, 0.2) is 0 Å². The zero-order valence-corrected chi connectivity index (χ0v) is 12.5. The summed E-state index contributed by atoms with van der Waals surface area (Å²) >= 11 is 0. The number of hydrogen-bond acceptors (Lipinski definition) is 1. The Hall–Kier alpha value is -2.22. The van der Waals surface area contributed by atoms with Crippen molar-refractivity contribution < 1.29 is 4.39 Å². The molecule has 0 amide bonds.